The van der Waals surface area contributed by atoms with E-state index in [2.05, 4.69) is 10.4 Å². The summed E-state index contributed by atoms with van der Waals surface area (Å²) >= 11 is 0. The lowest BCUT2D eigenvalue weighted by Gasteiger charge is -2.06. The van der Waals surface area contributed by atoms with Crippen molar-refractivity contribution >= 4 is 5.82 Å². The van der Waals surface area contributed by atoms with Crippen molar-refractivity contribution in [2.24, 2.45) is 5.84 Å². The molecule has 2 heterocycles. The van der Waals surface area contributed by atoms with E-state index in [0.717, 1.165) is 5.56 Å². The number of anilines is 1. The van der Waals surface area contributed by atoms with E-state index in [-0.39, 0.29) is 5.56 Å². The summed E-state index contributed by atoms with van der Waals surface area (Å²) in [5.41, 5.74) is 3.41. The smallest absolute Gasteiger partial charge is 0.250 e. The quantitative estimate of drug-likeness (QED) is 0.581. The fraction of sp³-hybridized carbons (Fsp3) is 0.0909. The van der Waals surface area contributed by atoms with Gasteiger partial charge in [-0.2, -0.15) is 0 Å². The van der Waals surface area contributed by atoms with Gasteiger partial charge >= 0.3 is 0 Å². The summed E-state index contributed by atoms with van der Waals surface area (Å²) in [5, 5.41) is 0. The average Bonchev–Trinajstić information content (AvgIpc) is 2.32. The van der Waals surface area contributed by atoms with Crippen molar-refractivity contribution in [2.45, 2.75) is 6.54 Å². The van der Waals surface area contributed by atoms with Gasteiger partial charge in [-0.05, 0) is 23.8 Å². The molecule has 5 heteroatoms. The first-order chi connectivity index (χ1) is 7.79. The number of nitrogens with one attached hydrogen (secondary N) is 1. The lowest BCUT2D eigenvalue weighted by atomic mass is 10.2. The van der Waals surface area contributed by atoms with Gasteiger partial charge in [-0.1, -0.05) is 6.07 Å². The van der Waals surface area contributed by atoms with Crippen molar-refractivity contribution < 1.29 is 0 Å². The van der Waals surface area contributed by atoms with E-state index in [4.69, 9.17) is 5.84 Å². The van der Waals surface area contributed by atoms with Crippen LogP contribution in [0.25, 0.3) is 0 Å². The summed E-state index contributed by atoms with van der Waals surface area (Å²) < 4.78 is 1.62. The van der Waals surface area contributed by atoms with Crippen LogP contribution in [0.3, 0.4) is 0 Å². The van der Waals surface area contributed by atoms with Gasteiger partial charge in [0.1, 0.15) is 5.82 Å². The summed E-state index contributed by atoms with van der Waals surface area (Å²) in [5.74, 6) is 5.85. The van der Waals surface area contributed by atoms with Crippen LogP contribution < -0.4 is 16.8 Å². The van der Waals surface area contributed by atoms with Crippen LogP contribution in [0, 0.1) is 0 Å². The number of nitrogens with zero attached hydrogens (tertiary/aromatic N) is 2. The number of nitrogens with two attached hydrogens (primary N) is 1. The Morgan fingerprint density at radius 3 is 3.00 bits per heavy atom. The summed E-state index contributed by atoms with van der Waals surface area (Å²) in [6.45, 7) is 0.511. The van der Waals surface area contributed by atoms with Crippen molar-refractivity contribution in [1.29, 1.82) is 0 Å². The second-order valence-electron chi connectivity index (χ2n) is 3.36. The molecule has 0 unspecified atom stereocenters. The predicted octanol–water partition coefficient (Wildman–Crippen LogP) is 0.577. The molecule has 0 radical (unpaired) electrons. The predicted molar refractivity (Wildman–Crippen MR) is 61.9 cm³/mol. The first-order valence-corrected chi connectivity index (χ1v) is 4.86. The molecule has 82 valence electrons. The summed E-state index contributed by atoms with van der Waals surface area (Å²) in [7, 11) is 0. The molecule has 0 spiro atoms. The van der Waals surface area contributed by atoms with Crippen LogP contribution in [0.4, 0.5) is 5.82 Å². The van der Waals surface area contributed by atoms with Crippen LogP contribution in [0.2, 0.25) is 0 Å². The maximum absolute atomic E-state index is 11.5. The molecule has 2 aromatic rings. The third-order valence-corrected chi connectivity index (χ3v) is 2.22. The summed E-state index contributed by atoms with van der Waals surface area (Å²) in [6.07, 6.45) is 3.40. The number of aromatic nitrogens is 2. The van der Waals surface area contributed by atoms with Gasteiger partial charge in [-0.25, -0.2) is 10.8 Å². The zero-order valence-corrected chi connectivity index (χ0v) is 8.63. The second kappa shape index (κ2) is 4.59. The fourth-order valence-electron chi connectivity index (χ4n) is 1.44. The Kier molecular flexibility index (Phi) is 2.98. The van der Waals surface area contributed by atoms with Crippen LogP contribution in [0.5, 0.6) is 0 Å². The molecule has 16 heavy (non-hydrogen) atoms. The Hall–Kier alpha value is -2.14. The van der Waals surface area contributed by atoms with Gasteiger partial charge in [-0.3, -0.25) is 4.79 Å². The minimum Gasteiger partial charge on any atom is -0.311 e. The number of rotatable bonds is 3. The number of nitrogen functional groups attached to an aromatic ring is 1. The molecule has 0 aliphatic carbocycles. The van der Waals surface area contributed by atoms with Crippen molar-refractivity contribution in [3.63, 3.8) is 0 Å². The summed E-state index contributed by atoms with van der Waals surface area (Å²) in [4.78, 5) is 15.5. The maximum atomic E-state index is 11.5. The second-order valence-corrected chi connectivity index (χ2v) is 3.36. The Bertz CT molecular complexity index is 535. The molecule has 0 amide bonds. The molecule has 3 N–H and O–H groups in total. The lowest BCUT2D eigenvalue weighted by Crippen LogP contribution is -2.18. The fourth-order valence-corrected chi connectivity index (χ4v) is 1.44. The molecule has 2 rings (SSSR count). The molecular weight excluding hydrogens is 204 g/mol. The number of pyridine rings is 2. The van der Waals surface area contributed by atoms with E-state index in [1.165, 1.54) is 6.07 Å². The standard InChI is InChI=1S/C11H12N4O/c12-14-10-7-9(4-5-13-10)8-15-6-2-1-3-11(15)16/h1-7H,8,12H2,(H,13,14). The van der Waals surface area contributed by atoms with Crippen LogP contribution >= 0.6 is 0 Å². The molecule has 0 aliphatic heterocycles. The highest BCUT2D eigenvalue weighted by molar-refractivity contribution is 5.35. The first kappa shape index (κ1) is 10.4. The van der Waals surface area contributed by atoms with E-state index in [0.29, 0.717) is 12.4 Å². The Balaban J connectivity index is 2.27. The van der Waals surface area contributed by atoms with Gasteiger partial charge in [0.15, 0.2) is 0 Å². The van der Waals surface area contributed by atoms with Crippen molar-refractivity contribution in [3.05, 3.63) is 58.6 Å². The molecule has 5 nitrogen and oxygen atoms in total. The molecule has 0 saturated heterocycles. The molecule has 0 atom stereocenters. The van der Waals surface area contributed by atoms with E-state index in [1.807, 2.05) is 12.1 Å². The minimum atomic E-state index is -0.0263. The largest absolute Gasteiger partial charge is 0.311 e. The van der Waals surface area contributed by atoms with E-state index >= 15 is 0 Å². The Morgan fingerprint density at radius 1 is 1.38 bits per heavy atom. The van der Waals surface area contributed by atoms with Crippen molar-refractivity contribution in [1.82, 2.24) is 9.55 Å². The van der Waals surface area contributed by atoms with Gasteiger partial charge in [-0.15, -0.1) is 0 Å². The lowest BCUT2D eigenvalue weighted by molar-refractivity contribution is 0.758. The molecule has 0 bridgehead atoms. The Labute approximate surface area is 92.5 Å². The highest BCUT2D eigenvalue weighted by Gasteiger charge is 1.98. The molecule has 0 fully saturated rings. The van der Waals surface area contributed by atoms with Crippen LogP contribution in [0.1, 0.15) is 5.56 Å². The van der Waals surface area contributed by atoms with E-state index in [9.17, 15) is 4.79 Å². The highest BCUT2D eigenvalue weighted by atomic mass is 16.1. The monoisotopic (exact) mass is 216 g/mol. The number of hydrazine groups is 1. The van der Waals surface area contributed by atoms with Gasteiger partial charge in [0.25, 0.3) is 5.56 Å². The molecule has 2 aromatic heterocycles. The average molecular weight is 216 g/mol. The first-order valence-electron chi connectivity index (χ1n) is 4.86. The third-order valence-electron chi connectivity index (χ3n) is 2.22. The van der Waals surface area contributed by atoms with Crippen molar-refractivity contribution in [3.8, 4) is 0 Å². The molecule has 0 aliphatic rings. The summed E-state index contributed by atoms with van der Waals surface area (Å²) in [6, 6.07) is 8.73. The third kappa shape index (κ3) is 2.26. The van der Waals surface area contributed by atoms with E-state index in [1.54, 1.807) is 29.1 Å². The number of hydrogen-bond donors (Lipinski definition) is 2. The van der Waals surface area contributed by atoms with Crippen molar-refractivity contribution in [2.75, 3.05) is 5.43 Å². The topological polar surface area (TPSA) is 72.9 Å². The highest BCUT2D eigenvalue weighted by Crippen LogP contribution is 2.06. The Morgan fingerprint density at radius 2 is 2.25 bits per heavy atom. The van der Waals surface area contributed by atoms with Crippen LogP contribution in [-0.2, 0) is 6.54 Å². The van der Waals surface area contributed by atoms with Gasteiger partial charge in [0, 0.05) is 18.5 Å². The maximum Gasteiger partial charge on any atom is 0.250 e. The zero-order chi connectivity index (χ0) is 11.4. The van der Waals surface area contributed by atoms with Gasteiger partial charge < -0.3 is 9.99 Å². The van der Waals surface area contributed by atoms with Gasteiger partial charge in [0.05, 0.1) is 6.54 Å². The normalized spacial score (nSPS) is 10.1. The molecule has 0 saturated carbocycles. The van der Waals surface area contributed by atoms with Crippen LogP contribution in [-0.4, -0.2) is 9.55 Å². The molecular formula is C11H12N4O. The molecule has 0 aromatic carbocycles. The minimum absolute atomic E-state index is 0.0263. The zero-order valence-electron chi connectivity index (χ0n) is 8.63. The van der Waals surface area contributed by atoms with Gasteiger partial charge in [0.2, 0.25) is 0 Å². The SMILES string of the molecule is NNc1cc(Cn2ccccc2=O)ccn1. The van der Waals surface area contributed by atoms with E-state index < -0.39 is 0 Å². The van der Waals surface area contributed by atoms with Crippen LogP contribution in [0.15, 0.2) is 47.5 Å². The number of hydrogen-bond acceptors (Lipinski definition) is 4.